The molecule has 0 aliphatic carbocycles. The zero-order valence-electron chi connectivity index (χ0n) is 12.9. The number of carbonyl (C=O) groups is 1. The van der Waals surface area contributed by atoms with Crippen LogP contribution in [0.2, 0.25) is 0 Å². The molecule has 0 aromatic heterocycles. The smallest absolute Gasteiger partial charge is 0.251 e. The molecule has 0 atom stereocenters. The largest absolute Gasteiger partial charge is 0.490 e. The highest BCUT2D eigenvalue weighted by atomic mass is 19.1. The van der Waals surface area contributed by atoms with Gasteiger partial charge in [0, 0.05) is 24.1 Å². The molecule has 2 aromatic carbocycles. The maximum atomic E-state index is 13.6. The van der Waals surface area contributed by atoms with Crippen LogP contribution in [0.5, 0.6) is 11.5 Å². The van der Waals surface area contributed by atoms with Gasteiger partial charge in [-0.05, 0) is 30.7 Å². The van der Waals surface area contributed by atoms with Crippen molar-refractivity contribution < 1.29 is 18.7 Å². The van der Waals surface area contributed by atoms with Crippen molar-refractivity contribution in [3.63, 3.8) is 0 Å². The van der Waals surface area contributed by atoms with Gasteiger partial charge in [0.15, 0.2) is 11.5 Å². The van der Waals surface area contributed by atoms with Gasteiger partial charge in [-0.2, -0.15) is 0 Å². The number of carbonyl (C=O) groups excluding carboxylic acids is 1. The van der Waals surface area contributed by atoms with Gasteiger partial charge in [-0.3, -0.25) is 4.79 Å². The topological polar surface area (TPSA) is 47.6 Å². The van der Waals surface area contributed by atoms with Crippen LogP contribution in [0, 0.1) is 12.7 Å². The van der Waals surface area contributed by atoms with Crippen molar-refractivity contribution in [3.05, 3.63) is 58.9 Å². The lowest BCUT2D eigenvalue weighted by Gasteiger charge is -2.13. The molecule has 2 aromatic rings. The average molecular weight is 315 g/mol. The summed E-state index contributed by atoms with van der Waals surface area (Å²) in [5, 5.41) is 2.74. The lowest BCUT2D eigenvalue weighted by Crippen LogP contribution is -2.24. The first kappa shape index (κ1) is 15.3. The number of nitrogens with one attached hydrogen (secondary N) is 1. The summed E-state index contributed by atoms with van der Waals surface area (Å²) in [5.41, 5.74) is 1.75. The van der Waals surface area contributed by atoms with Crippen LogP contribution in [-0.2, 0) is 6.54 Å². The summed E-state index contributed by atoms with van der Waals surface area (Å²) in [4.78, 5) is 12.4. The molecule has 120 valence electrons. The van der Waals surface area contributed by atoms with Gasteiger partial charge in [-0.1, -0.05) is 18.2 Å². The minimum Gasteiger partial charge on any atom is -0.490 e. The highest BCUT2D eigenvalue weighted by Crippen LogP contribution is 2.32. The second-order valence-corrected chi connectivity index (χ2v) is 5.44. The third-order valence-electron chi connectivity index (χ3n) is 3.74. The summed E-state index contributed by atoms with van der Waals surface area (Å²) >= 11 is 0. The molecule has 1 N–H and O–H groups in total. The Morgan fingerprint density at radius 2 is 1.87 bits per heavy atom. The standard InChI is InChI=1S/C18H18FNO3/c1-12-9-16-17(23-8-4-7-22-16)10-14(12)18(21)20-11-13-5-2-3-6-15(13)19/h2-3,5-6,9-10H,4,7-8,11H2,1H3,(H,20,21). The van der Waals surface area contributed by atoms with Crippen molar-refractivity contribution in [3.8, 4) is 11.5 Å². The van der Waals surface area contributed by atoms with Crippen molar-refractivity contribution in [2.24, 2.45) is 0 Å². The molecule has 0 saturated heterocycles. The summed E-state index contributed by atoms with van der Waals surface area (Å²) < 4.78 is 24.8. The Balaban J connectivity index is 1.77. The average Bonchev–Trinajstić information content (AvgIpc) is 2.78. The summed E-state index contributed by atoms with van der Waals surface area (Å²) in [6.45, 7) is 3.14. The highest BCUT2D eigenvalue weighted by molar-refractivity contribution is 5.96. The van der Waals surface area contributed by atoms with E-state index in [1.807, 2.05) is 6.92 Å². The molecule has 23 heavy (non-hydrogen) atoms. The van der Waals surface area contributed by atoms with Crippen LogP contribution in [-0.4, -0.2) is 19.1 Å². The Morgan fingerprint density at radius 1 is 1.17 bits per heavy atom. The lowest BCUT2D eigenvalue weighted by molar-refractivity contribution is 0.0949. The van der Waals surface area contributed by atoms with Crippen LogP contribution in [0.25, 0.3) is 0 Å². The Hall–Kier alpha value is -2.56. The first-order valence-electron chi connectivity index (χ1n) is 7.57. The Bertz CT molecular complexity index is 730. The van der Waals surface area contributed by atoms with E-state index in [1.165, 1.54) is 6.07 Å². The first-order valence-corrected chi connectivity index (χ1v) is 7.57. The molecule has 0 unspecified atom stereocenters. The number of benzene rings is 2. The van der Waals surface area contributed by atoms with Crippen LogP contribution in [0.15, 0.2) is 36.4 Å². The molecule has 4 nitrogen and oxygen atoms in total. The number of amides is 1. The predicted octanol–water partition coefficient (Wildman–Crippen LogP) is 3.23. The van der Waals surface area contributed by atoms with Crippen molar-refractivity contribution >= 4 is 5.91 Å². The molecule has 1 amide bonds. The van der Waals surface area contributed by atoms with Gasteiger partial charge in [0.25, 0.3) is 5.91 Å². The van der Waals surface area contributed by atoms with E-state index in [-0.39, 0.29) is 18.3 Å². The number of fused-ring (bicyclic) bond motifs is 1. The molecule has 5 heteroatoms. The fourth-order valence-corrected chi connectivity index (χ4v) is 2.47. The van der Waals surface area contributed by atoms with E-state index >= 15 is 0 Å². The van der Waals surface area contributed by atoms with Gasteiger partial charge in [0.05, 0.1) is 13.2 Å². The van der Waals surface area contributed by atoms with Crippen molar-refractivity contribution in [1.29, 1.82) is 0 Å². The van der Waals surface area contributed by atoms with E-state index in [0.717, 1.165) is 12.0 Å². The number of halogens is 1. The number of aryl methyl sites for hydroxylation is 1. The quantitative estimate of drug-likeness (QED) is 0.946. The highest BCUT2D eigenvalue weighted by Gasteiger charge is 2.17. The molecule has 0 bridgehead atoms. The number of rotatable bonds is 3. The minimum atomic E-state index is -0.330. The van der Waals surface area contributed by atoms with Crippen LogP contribution in [0.1, 0.15) is 27.9 Å². The lowest BCUT2D eigenvalue weighted by atomic mass is 10.1. The monoisotopic (exact) mass is 315 g/mol. The number of ether oxygens (including phenoxy) is 2. The summed E-state index contributed by atoms with van der Waals surface area (Å²) in [6, 6.07) is 9.88. The number of hydrogen-bond acceptors (Lipinski definition) is 3. The molecule has 0 saturated carbocycles. The first-order chi connectivity index (χ1) is 11.1. The maximum Gasteiger partial charge on any atom is 0.251 e. The molecular weight excluding hydrogens is 297 g/mol. The van der Waals surface area contributed by atoms with Crippen LogP contribution >= 0.6 is 0 Å². The third kappa shape index (κ3) is 3.44. The number of hydrogen-bond donors (Lipinski definition) is 1. The summed E-state index contributed by atoms with van der Waals surface area (Å²) in [6.07, 6.45) is 0.808. The van der Waals surface area contributed by atoms with Crippen LogP contribution in [0.3, 0.4) is 0 Å². The molecule has 1 aliphatic rings. The fraction of sp³-hybridized carbons (Fsp3) is 0.278. The normalized spacial score (nSPS) is 13.3. The predicted molar refractivity (Wildman–Crippen MR) is 84.4 cm³/mol. The molecule has 1 heterocycles. The molecular formula is C18H18FNO3. The van der Waals surface area contributed by atoms with Gasteiger partial charge in [-0.15, -0.1) is 0 Å². The fourth-order valence-electron chi connectivity index (χ4n) is 2.47. The Labute approximate surface area is 134 Å². The van der Waals surface area contributed by atoms with E-state index < -0.39 is 0 Å². The third-order valence-corrected chi connectivity index (χ3v) is 3.74. The van der Waals surface area contributed by atoms with E-state index in [9.17, 15) is 9.18 Å². The molecule has 0 spiro atoms. The molecule has 3 rings (SSSR count). The van der Waals surface area contributed by atoms with Crippen molar-refractivity contribution in [2.75, 3.05) is 13.2 Å². The van der Waals surface area contributed by atoms with Gasteiger partial charge < -0.3 is 14.8 Å². The van der Waals surface area contributed by atoms with E-state index in [1.54, 1.807) is 30.3 Å². The van der Waals surface area contributed by atoms with Gasteiger partial charge in [-0.25, -0.2) is 4.39 Å². The summed E-state index contributed by atoms with van der Waals surface area (Å²) in [7, 11) is 0. The van der Waals surface area contributed by atoms with E-state index in [2.05, 4.69) is 5.32 Å². The van der Waals surface area contributed by atoms with Crippen LogP contribution < -0.4 is 14.8 Å². The van der Waals surface area contributed by atoms with Gasteiger partial charge in [0.1, 0.15) is 5.82 Å². The SMILES string of the molecule is Cc1cc2c(cc1C(=O)NCc1ccccc1F)OCCCO2. The summed E-state index contributed by atoms with van der Waals surface area (Å²) in [5.74, 6) is 0.638. The second-order valence-electron chi connectivity index (χ2n) is 5.44. The zero-order chi connectivity index (χ0) is 16.2. The Kier molecular flexibility index (Phi) is 4.46. The zero-order valence-corrected chi connectivity index (χ0v) is 12.9. The van der Waals surface area contributed by atoms with Gasteiger partial charge >= 0.3 is 0 Å². The molecule has 1 aliphatic heterocycles. The van der Waals surface area contributed by atoms with Crippen LogP contribution in [0.4, 0.5) is 4.39 Å². The van der Waals surface area contributed by atoms with E-state index in [0.29, 0.717) is 35.8 Å². The van der Waals surface area contributed by atoms with Crippen molar-refractivity contribution in [1.82, 2.24) is 5.32 Å². The van der Waals surface area contributed by atoms with Gasteiger partial charge in [0.2, 0.25) is 0 Å². The Morgan fingerprint density at radius 3 is 2.61 bits per heavy atom. The molecule has 0 radical (unpaired) electrons. The minimum absolute atomic E-state index is 0.138. The maximum absolute atomic E-state index is 13.6. The second kappa shape index (κ2) is 6.69. The molecule has 0 fully saturated rings. The van der Waals surface area contributed by atoms with Crippen molar-refractivity contribution in [2.45, 2.75) is 19.9 Å². The van der Waals surface area contributed by atoms with E-state index in [4.69, 9.17) is 9.47 Å².